The van der Waals surface area contributed by atoms with Crippen LogP contribution in [0.2, 0.25) is 0 Å². The molecule has 1 aliphatic heterocycles. The van der Waals surface area contributed by atoms with Crippen molar-refractivity contribution in [2.24, 2.45) is 0 Å². The Hall–Kier alpha value is -0.930. The number of halogens is 1. The van der Waals surface area contributed by atoms with E-state index < -0.39 is 0 Å². The Morgan fingerprint density at radius 1 is 1.44 bits per heavy atom. The molecule has 1 N–H and O–H groups in total. The van der Waals surface area contributed by atoms with Gasteiger partial charge in [-0.05, 0) is 56.1 Å². The van der Waals surface area contributed by atoms with E-state index >= 15 is 0 Å². The van der Waals surface area contributed by atoms with Crippen LogP contribution in [0.3, 0.4) is 0 Å². The number of aryl methyl sites for hydroxylation is 1. The highest BCUT2D eigenvalue weighted by molar-refractivity contribution is 5.26. The third-order valence-corrected chi connectivity index (χ3v) is 3.70. The predicted molar refractivity (Wildman–Crippen MR) is 73.1 cm³/mol. The average molecular weight is 250 g/mol. The van der Waals surface area contributed by atoms with Gasteiger partial charge < -0.3 is 5.32 Å². The molecule has 1 atom stereocenters. The average Bonchev–Trinajstić information content (AvgIpc) is 2.35. The number of benzene rings is 1. The molecule has 0 spiro atoms. The Labute approximate surface area is 109 Å². The van der Waals surface area contributed by atoms with Crippen LogP contribution >= 0.6 is 0 Å². The van der Waals surface area contributed by atoms with Crippen LogP contribution in [0.15, 0.2) is 18.2 Å². The van der Waals surface area contributed by atoms with Crippen molar-refractivity contribution in [3.63, 3.8) is 0 Å². The predicted octanol–water partition coefficient (Wildman–Crippen LogP) is 2.71. The molecular formula is C15H23FN2. The minimum Gasteiger partial charge on any atom is -0.313 e. The summed E-state index contributed by atoms with van der Waals surface area (Å²) in [4.78, 5) is 2.43. The lowest BCUT2D eigenvalue weighted by Crippen LogP contribution is -2.45. The van der Waals surface area contributed by atoms with E-state index in [0.29, 0.717) is 6.04 Å². The molecule has 1 aromatic carbocycles. The minimum atomic E-state index is -0.129. The number of hydrogen-bond donors (Lipinski definition) is 1. The van der Waals surface area contributed by atoms with Gasteiger partial charge in [-0.15, -0.1) is 0 Å². The van der Waals surface area contributed by atoms with Crippen LogP contribution in [0.1, 0.15) is 30.9 Å². The lowest BCUT2D eigenvalue weighted by molar-refractivity contribution is 0.184. The van der Waals surface area contributed by atoms with Crippen LogP contribution in [-0.4, -0.2) is 30.6 Å². The maximum atomic E-state index is 13.3. The lowest BCUT2D eigenvalue weighted by Gasteiger charge is -2.33. The van der Waals surface area contributed by atoms with Crippen molar-refractivity contribution < 1.29 is 4.39 Å². The van der Waals surface area contributed by atoms with E-state index in [0.717, 1.165) is 31.7 Å². The molecule has 0 aliphatic carbocycles. The molecule has 2 nitrogen and oxygen atoms in total. The van der Waals surface area contributed by atoms with E-state index in [9.17, 15) is 4.39 Å². The van der Waals surface area contributed by atoms with Crippen molar-refractivity contribution in [2.45, 2.75) is 39.3 Å². The third-order valence-electron chi connectivity index (χ3n) is 3.70. The van der Waals surface area contributed by atoms with Gasteiger partial charge in [0.15, 0.2) is 0 Å². The zero-order valence-corrected chi connectivity index (χ0v) is 11.4. The number of nitrogens with zero attached hydrogens (tertiary/aromatic N) is 1. The molecule has 2 rings (SSSR count). The van der Waals surface area contributed by atoms with Crippen molar-refractivity contribution in [3.05, 3.63) is 35.1 Å². The second-order valence-electron chi connectivity index (χ2n) is 5.20. The summed E-state index contributed by atoms with van der Waals surface area (Å²) in [5.74, 6) is -0.129. The highest BCUT2D eigenvalue weighted by atomic mass is 19.1. The largest absolute Gasteiger partial charge is 0.313 e. The SMILES string of the molecule is CCNC1CCCN(Cc2cc(F)ccc2C)C1. The zero-order chi connectivity index (χ0) is 13.0. The molecule has 1 heterocycles. The molecule has 0 aromatic heterocycles. The first kappa shape index (κ1) is 13.5. The fourth-order valence-electron chi connectivity index (χ4n) is 2.71. The van der Waals surface area contributed by atoms with Gasteiger partial charge in [-0.2, -0.15) is 0 Å². The molecule has 3 heteroatoms. The maximum Gasteiger partial charge on any atom is 0.123 e. The molecule has 1 aromatic rings. The van der Waals surface area contributed by atoms with Gasteiger partial charge in [0.05, 0.1) is 0 Å². The summed E-state index contributed by atoms with van der Waals surface area (Å²) >= 11 is 0. The van der Waals surface area contributed by atoms with Gasteiger partial charge in [0.25, 0.3) is 0 Å². The Bertz CT molecular complexity index is 390. The van der Waals surface area contributed by atoms with Crippen LogP contribution < -0.4 is 5.32 Å². The van der Waals surface area contributed by atoms with E-state index in [-0.39, 0.29) is 5.82 Å². The summed E-state index contributed by atoms with van der Waals surface area (Å²) in [5, 5.41) is 3.51. The summed E-state index contributed by atoms with van der Waals surface area (Å²) < 4.78 is 13.3. The third kappa shape index (κ3) is 3.53. The number of nitrogens with one attached hydrogen (secondary N) is 1. The van der Waals surface area contributed by atoms with Crippen molar-refractivity contribution in [3.8, 4) is 0 Å². The summed E-state index contributed by atoms with van der Waals surface area (Å²) in [6.45, 7) is 8.29. The first-order valence-electron chi connectivity index (χ1n) is 6.90. The fourth-order valence-corrected chi connectivity index (χ4v) is 2.71. The summed E-state index contributed by atoms with van der Waals surface area (Å²) in [6, 6.07) is 5.68. The van der Waals surface area contributed by atoms with E-state index in [2.05, 4.69) is 24.1 Å². The summed E-state index contributed by atoms with van der Waals surface area (Å²) in [6.07, 6.45) is 2.48. The number of hydrogen-bond acceptors (Lipinski definition) is 2. The Morgan fingerprint density at radius 3 is 3.06 bits per heavy atom. The Balaban J connectivity index is 1.98. The maximum absolute atomic E-state index is 13.3. The normalized spacial score (nSPS) is 21.2. The molecule has 100 valence electrons. The summed E-state index contributed by atoms with van der Waals surface area (Å²) in [5.41, 5.74) is 2.30. The summed E-state index contributed by atoms with van der Waals surface area (Å²) in [7, 11) is 0. The van der Waals surface area contributed by atoms with Crippen LogP contribution in [0.25, 0.3) is 0 Å². The molecule has 1 unspecified atom stereocenters. The zero-order valence-electron chi connectivity index (χ0n) is 11.4. The molecule has 0 amide bonds. The fraction of sp³-hybridized carbons (Fsp3) is 0.600. The van der Waals surface area contributed by atoms with Gasteiger partial charge in [0.1, 0.15) is 5.82 Å². The first-order valence-corrected chi connectivity index (χ1v) is 6.90. The van der Waals surface area contributed by atoms with Crippen molar-refractivity contribution >= 4 is 0 Å². The highest BCUT2D eigenvalue weighted by Crippen LogP contribution is 2.17. The first-order chi connectivity index (χ1) is 8.69. The second-order valence-corrected chi connectivity index (χ2v) is 5.20. The van der Waals surface area contributed by atoms with Gasteiger partial charge >= 0.3 is 0 Å². The second kappa shape index (κ2) is 6.30. The number of likely N-dealkylation sites (N-methyl/N-ethyl adjacent to an activating group) is 1. The standard InChI is InChI=1S/C15H23FN2/c1-3-17-15-5-4-8-18(11-15)10-13-9-14(16)7-6-12(13)2/h6-7,9,15,17H,3-5,8,10-11H2,1-2H3. The van der Waals surface area contributed by atoms with Crippen molar-refractivity contribution in [2.75, 3.05) is 19.6 Å². The smallest absolute Gasteiger partial charge is 0.123 e. The monoisotopic (exact) mass is 250 g/mol. The van der Waals surface area contributed by atoms with Crippen LogP contribution in [0, 0.1) is 12.7 Å². The van der Waals surface area contributed by atoms with E-state index in [1.54, 1.807) is 6.07 Å². The van der Waals surface area contributed by atoms with Gasteiger partial charge in [0, 0.05) is 19.1 Å². The van der Waals surface area contributed by atoms with Crippen molar-refractivity contribution in [1.29, 1.82) is 0 Å². The van der Waals surface area contributed by atoms with Crippen LogP contribution in [0.5, 0.6) is 0 Å². The highest BCUT2D eigenvalue weighted by Gasteiger charge is 2.19. The minimum absolute atomic E-state index is 0.129. The Kier molecular flexibility index (Phi) is 4.72. The Morgan fingerprint density at radius 2 is 2.28 bits per heavy atom. The molecule has 1 fully saturated rings. The molecule has 0 saturated carbocycles. The topological polar surface area (TPSA) is 15.3 Å². The molecule has 1 aliphatic rings. The number of likely N-dealkylation sites (tertiary alicyclic amines) is 1. The van der Waals surface area contributed by atoms with E-state index in [1.807, 2.05) is 6.07 Å². The molecule has 1 saturated heterocycles. The lowest BCUT2D eigenvalue weighted by atomic mass is 10.0. The van der Waals surface area contributed by atoms with E-state index in [4.69, 9.17) is 0 Å². The quantitative estimate of drug-likeness (QED) is 0.884. The number of piperidine rings is 1. The van der Waals surface area contributed by atoms with Crippen LogP contribution in [-0.2, 0) is 6.54 Å². The van der Waals surface area contributed by atoms with Gasteiger partial charge in [0.2, 0.25) is 0 Å². The van der Waals surface area contributed by atoms with Crippen molar-refractivity contribution in [1.82, 2.24) is 10.2 Å². The molecule has 0 bridgehead atoms. The molecular weight excluding hydrogens is 227 g/mol. The van der Waals surface area contributed by atoms with Crippen LogP contribution in [0.4, 0.5) is 4.39 Å². The molecule has 18 heavy (non-hydrogen) atoms. The molecule has 0 radical (unpaired) electrons. The number of rotatable bonds is 4. The van der Waals surface area contributed by atoms with Gasteiger partial charge in [-0.3, -0.25) is 4.90 Å². The van der Waals surface area contributed by atoms with Gasteiger partial charge in [-0.1, -0.05) is 13.0 Å². The van der Waals surface area contributed by atoms with Gasteiger partial charge in [-0.25, -0.2) is 4.39 Å². The van der Waals surface area contributed by atoms with E-state index in [1.165, 1.54) is 24.5 Å².